The largest absolute Gasteiger partial charge is 0.373 e. The summed E-state index contributed by atoms with van der Waals surface area (Å²) in [5.74, 6) is 1.76. The third-order valence-corrected chi connectivity index (χ3v) is 3.40. The van der Waals surface area contributed by atoms with Crippen molar-refractivity contribution in [2.45, 2.75) is 32.7 Å². The predicted octanol–water partition coefficient (Wildman–Crippen LogP) is 2.92. The lowest BCUT2D eigenvalue weighted by Gasteiger charge is -2.27. The van der Waals surface area contributed by atoms with Gasteiger partial charge in [-0.25, -0.2) is 4.98 Å². The fourth-order valence-corrected chi connectivity index (χ4v) is 2.76. The smallest absolute Gasteiger partial charge is 0.130 e. The molecule has 1 aliphatic rings. The van der Waals surface area contributed by atoms with Gasteiger partial charge in [0.25, 0.3) is 0 Å². The average Bonchev–Trinajstić information content (AvgIpc) is 2.76. The molecule has 1 aromatic rings. The van der Waals surface area contributed by atoms with Crippen LogP contribution in [0, 0.1) is 5.92 Å². The molecule has 0 aliphatic carbocycles. The molecule has 2 heterocycles. The molecule has 1 aromatic heterocycles. The van der Waals surface area contributed by atoms with E-state index in [0.717, 1.165) is 11.7 Å². The van der Waals surface area contributed by atoms with Crippen molar-refractivity contribution < 1.29 is 0 Å². The maximum atomic E-state index is 4.42. The fourth-order valence-electron chi connectivity index (χ4n) is 2.76. The second kappa shape index (κ2) is 5.50. The molecule has 0 radical (unpaired) electrons. The summed E-state index contributed by atoms with van der Waals surface area (Å²) in [5.41, 5.74) is 1.35. The van der Waals surface area contributed by atoms with Gasteiger partial charge in [0.2, 0.25) is 0 Å². The lowest BCUT2D eigenvalue weighted by molar-refractivity contribution is 0.229. The summed E-state index contributed by atoms with van der Waals surface area (Å²) in [6.07, 6.45) is 4.42. The number of nitrogens with one attached hydrogen (secondary N) is 1. The molecular weight excluding hydrogens is 210 g/mol. The minimum Gasteiger partial charge on any atom is -0.373 e. The predicted molar refractivity (Wildman–Crippen MR) is 72.2 cm³/mol. The van der Waals surface area contributed by atoms with Crippen molar-refractivity contribution in [2.75, 3.05) is 25.5 Å². The zero-order chi connectivity index (χ0) is 12.3. The Kier molecular flexibility index (Phi) is 4.00. The highest BCUT2D eigenvalue weighted by molar-refractivity contribution is 5.45. The van der Waals surface area contributed by atoms with E-state index in [1.165, 1.54) is 31.5 Å². The molecule has 0 saturated carbocycles. The van der Waals surface area contributed by atoms with Crippen LogP contribution in [0.4, 0.5) is 5.82 Å². The zero-order valence-corrected chi connectivity index (χ0v) is 11.1. The summed E-state index contributed by atoms with van der Waals surface area (Å²) >= 11 is 0. The van der Waals surface area contributed by atoms with E-state index in [0.29, 0.717) is 6.04 Å². The van der Waals surface area contributed by atoms with Crippen molar-refractivity contribution in [2.24, 2.45) is 5.92 Å². The van der Waals surface area contributed by atoms with Gasteiger partial charge in [0.1, 0.15) is 5.82 Å². The Hall–Kier alpha value is -1.09. The summed E-state index contributed by atoms with van der Waals surface area (Å²) in [4.78, 5) is 7.02. The van der Waals surface area contributed by atoms with Gasteiger partial charge in [-0.15, -0.1) is 0 Å². The van der Waals surface area contributed by atoms with Gasteiger partial charge in [0.15, 0.2) is 0 Å². The Morgan fingerprint density at radius 1 is 1.53 bits per heavy atom. The molecule has 0 spiro atoms. The molecule has 0 amide bonds. The number of pyridine rings is 1. The minimum atomic E-state index is 0.550. The highest BCUT2D eigenvalue weighted by Crippen LogP contribution is 2.35. The van der Waals surface area contributed by atoms with Crippen LogP contribution in [0.2, 0.25) is 0 Å². The van der Waals surface area contributed by atoms with Gasteiger partial charge in [-0.1, -0.05) is 19.9 Å². The van der Waals surface area contributed by atoms with Crippen molar-refractivity contribution in [1.29, 1.82) is 0 Å². The summed E-state index contributed by atoms with van der Waals surface area (Å²) in [6, 6.07) is 4.80. The van der Waals surface area contributed by atoms with Gasteiger partial charge in [-0.05, 0) is 31.4 Å². The molecule has 3 heteroatoms. The SMILES string of the molecule is CNc1ncccc1[C@H]1CCCN1CC(C)C. The van der Waals surface area contributed by atoms with E-state index in [1.54, 1.807) is 0 Å². The van der Waals surface area contributed by atoms with Gasteiger partial charge in [0, 0.05) is 31.4 Å². The summed E-state index contributed by atoms with van der Waals surface area (Å²) in [7, 11) is 1.95. The highest BCUT2D eigenvalue weighted by Gasteiger charge is 2.28. The summed E-state index contributed by atoms with van der Waals surface area (Å²) in [6.45, 7) is 6.98. The maximum absolute atomic E-state index is 4.42. The van der Waals surface area contributed by atoms with Gasteiger partial charge in [0.05, 0.1) is 0 Å². The molecule has 1 atom stereocenters. The van der Waals surface area contributed by atoms with Gasteiger partial charge >= 0.3 is 0 Å². The van der Waals surface area contributed by atoms with Crippen molar-refractivity contribution in [3.8, 4) is 0 Å². The molecule has 94 valence electrons. The zero-order valence-electron chi connectivity index (χ0n) is 11.1. The highest BCUT2D eigenvalue weighted by atomic mass is 15.2. The van der Waals surface area contributed by atoms with E-state index in [4.69, 9.17) is 0 Å². The standard InChI is InChI=1S/C14H23N3/c1-11(2)10-17-9-5-7-13(17)12-6-4-8-16-14(12)15-3/h4,6,8,11,13H,5,7,9-10H2,1-3H3,(H,15,16)/t13-/m1/s1. The van der Waals surface area contributed by atoms with Crippen molar-refractivity contribution in [1.82, 2.24) is 9.88 Å². The lowest BCUT2D eigenvalue weighted by atomic mass is 10.0. The second-order valence-electron chi connectivity index (χ2n) is 5.24. The average molecular weight is 233 g/mol. The summed E-state index contributed by atoms with van der Waals surface area (Å²) in [5, 5.41) is 3.21. The van der Waals surface area contributed by atoms with Crippen LogP contribution in [-0.2, 0) is 0 Å². The van der Waals surface area contributed by atoms with E-state index >= 15 is 0 Å². The van der Waals surface area contributed by atoms with E-state index < -0.39 is 0 Å². The lowest BCUT2D eigenvalue weighted by Crippen LogP contribution is -2.27. The van der Waals surface area contributed by atoms with Crippen LogP contribution in [0.3, 0.4) is 0 Å². The second-order valence-corrected chi connectivity index (χ2v) is 5.24. The molecule has 2 rings (SSSR count). The van der Waals surface area contributed by atoms with E-state index in [9.17, 15) is 0 Å². The van der Waals surface area contributed by atoms with E-state index in [1.807, 2.05) is 19.3 Å². The molecule has 0 unspecified atom stereocenters. The monoisotopic (exact) mass is 233 g/mol. The molecule has 17 heavy (non-hydrogen) atoms. The number of nitrogens with zero attached hydrogens (tertiary/aromatic N) is 2. The van der Waals surface area contributed by atoms with Crippen LogP contribution in [0.25, 0.3) is 0 Å². The Morgan fingerprint density at radius 2 is 2.35 bits per heavy atom. The maximum Gasteiger partial charge on any atom is 0.130 e. The quantitative estimate of drug-likeness (QED) is 0.866. The fraction of sp³-hybridized carbons (Fsp3) is 0.643. The number of rotatable bonds is 4. The number of hydrogen-bond donors (Lipinski definition) is 1. The van der Waals surface area contributed by atoms with Crippen LogP contribution < -0.4 is 5.32 Å². The van der Waals surface area contributed by atoms with Gasteiger partial charge in [-0.2, -0.15) is 0 Å². The van der Waals surface area contributed by atoms with Crippen molar-refractivity contribution in [3.05, 3.63) is 23.9 Å². The van der Waals surface area contributed by atoms with Crippen molar-refractivity contribution >= 4 is 5.82 Å². The number of anilines is 1. The van der Waals surface area contributed by atoms with E-state index in [2.05, 4.69) is 35.1 Å². The van der Waals surface area contributed by atoms with Gasteiger partial charge in [-0.3, -0.25) is 4.90 Å². The third-order valence-electron chi connectivity index (χ3n) is 3.40. The Labute approximate surface area is 104 Å². The van der Waals surface area contributed by atoms with Gasteiger partial charge < -0.3 is 5.32 Å². The normalized spacial score (nSPS) is 21.1. The van der Waals surface area contributed by atoms with E-state index in [-0.39, 0.29) is 0 Å². The van der Waals surface area contributed by atoms with Crippen LogP contribution in [0.1, 0.15) is 38.3 Å². The molecule has 0 aromatic carbocycles. The Bertz CT molecular complexity index is 362. The van der Waals surface area contributed by atoms with Crippen LogP contribution >= 0.6 is 0 Å². The molecule has 1 aliphatic heterocycles. The van der Waals surface area contributed by atoms with Crippen LogP contribution in [0.5, 0.6) is 0 Å². The minimum absolute atomic E-state index is 0.550. The number of likely N-dealkylation sites (tertiary alicyclic amines) is 1. The molecule has 0 bridgehead atoms. The number of hydrogen-bond acceptors (Lipinski definition) is 3. The first-order valence-electron chi connectivity index (χ1n) is 6.59. The Morgan fingerprint density at radius 3 is 3.06 bits per heavy atom. The number of aromatic nitrogens is 1. The molecule has 1 fully saturated rings. The molecular formula is C14H23N3. The first-order valence-corrected chi connectivity index (χ1v) is 6.59. The topological polar surface area (TPSA) is 28.2 Å². The molecule has 1 saturated heterocycles. The first-order chi connectivity index (χ1) is 8.22. The molecule has 1 N–H and O–H groups in total. The van der Waals surface area contributed by atoms with Crippen LogP contribution in [-0.4, -0.2) is 30.0 Å². The Balaban J connectivity index is 2.19. The van der Waals surface area contributed by atoms with Crippen LogP contribution in [0.15, 0.2) is 18.3 Å². The third kappa shape index (κ3) is 2.78. The first kappa shape index (κ1) is 12.4. The molecule has 3 nitrogen and oxygen atoms in total. The van der Waals surface area contributed by atoms with Crippen molar-refractivity contribution in [3.63, 3.8) is 0 Å². The summed E-state index contributed by atoms with van der Waals surface area (Å²) < 4.78 is 0.